The third-order valence-electron chi connectivity index (χ3n) is 4.90. The van der Waals surface area contributed by atoms with Crippen LogP contribution in [0.2, 0.25) is 5.15 Å². The molecule has 1 amide bonds. The summed E-state index contributed by atoms with van der Waals surface area (Å²) in [5.41, 5.74) is 3.06. The van der Waals surface area contributed by atoms with Crippen molar-refractivity contribution in [2.24, 2.45) is 5.10 Å². The minimum Gasteiger partial charge on any atom is -0.347 e. The summed E-state index contributed by atoms with van der Waals surface area (Å²) in [5, 5.41) is 7.37. The van der Waals surface area contributed by atoms with Gasteiger partial charge in [-0.15, -0.1) is 0 Å². The predicted octanol–water partition coefficient (Wildman–Crippen LogP) is 5.89. The molecule has 1 atom stereocenters. The molecule has 3 aromatic rings. The van der Waals surface area contributed by atoms with Gasteiger partial charge in [-0.25, -0.2) is 9.99 Å². The number of thiazole rings is 1. The number of hydrogen-bond acceptors (Lipinski definition) is 5. The first-order chi connectivity index (χ1) is 14.4. The highest BCUT2D eigenvalue weighted by Gasteiger charge is 2.35. The van der Waals surface area contributed by atoms with Crippen molar-refractivity contribution >= 4 is 55.6 Å². The lowest BCUT2D eigenvalue weighted by Gasteiger charge is -2.19. The van der Waals surface area contributed by atoms with Gasteiger partial charge in [0.05, 0.1) is 16.6 Å². The first-order valence-electron chi connectivity index (χ1n) is 9.47. The summed E-state index contributed by atoms with van der Waals surface area (Å²) in [4.78, 5) is 19.8. The Morgan fingerprint density at radius 1 is 1.23 bits per heavy atom. The Morgan fingerprint density at radius 2 is 1.93 bits per heavy atom. The Labute approximate surface area is 193 Å². The predicted molar refractivity (Wildman–Crippen MR) is 126 cm³/mol. The number of hydrazone groups is 1. The van der Waals surface area contributed by atoms with Crippen LogP contribution < -0.4 is 4.90 Å². The standard InChI is InChI=1S/C22H20BrClN4OS/c1-14(29)28-19(12-18(26-28)16-8-10-17(23)11-9-16)20-21(24)25-22(30-20)27(2)13-15-6-4-3-5-7-15/h3-11,19H,12-13H2,1-2H3. The Hall–Kier alpha value is -2.22. The van der Waals surface area contributed by atoms with Crippen LogP contribution in [0.5, 0.6) is 0 Å². The maximum absolute atomic E-state index is 12.3. The van der Waals surface area contributed by atoms with Gasteiger partial charge in [-0.1, -0.05) is 81.3 Å². The number of benzene rings is 2. The lowest BCUT2D eigenvalue weighted by atomic mass is 10.0. The van der Waals surface area contributed by atoms with Crippen LogP contribution in [0, 0.1) is 0 Å². The van der Waals surface area contributed by atoms with E-state index in [4.69, 9.17) is 11.6 Å². The molecule has 0 spiro atoms. The molecule has 0 saturated heterocycles. The fourth-order valence-electron chi connectivity index (χ4n) is 3.42. The minimum atomic E-state index is -0.245. The smallest absolute Gasteiger partial charge is 0.240 e. The fourth-order valence-corrected chi connectivity index (χ4v) is 5.06. The number of hydrogen-bond donors (Lipinski definition) is 0. The van der Waals surface area contributed by atoms with Crippen molar-refractivity contribution in [3.8, 4) is 0 Å². The van der Waals surface area contributed by atoms with E-state index in [2.05, 4.69) is 43.0 Å². The quantitative estimate of drug-likeness (QED) is 0.436. The second-order valence-corrected chi connectivity index (χ2v) is 9.41. The molecule has 0 radical (unpaired) electrons. The summed E-state index contributed by atoms with van der Waals surface area (Å²) in [6.07, 6.45) is 0.602. The first-order valence-corrected chi connectivity index (χ1v) is 11.5. The Kier molecular flexibility index (Phi) is 6.22. The van der Waals surface area contributed by atoms with E-state index in [1.807, 2.05) is 49.5 Å². The molecule has 1 aliphatic heterocycles. The van der Waals surface area contributed by atoms with Gasteiger partial charge < -0.3 is 4.90 Å². The lowest BCUT2D eigenvalue weighted by molar-refractivity contribution is -0.130. The van der Waals surface area contributed by atoms with E-state index in [1.54, 1.807) is 0 Å². The number of halogens is 2. The summed E-state index contributed by atoms with van der Waals surface area (Å²) >= 11 is 11.5. The number of carbonyl (C=O) groups excluding carboxylic acids is 1. The van der Waals surface area contributed by atoms with Crippen LogP contribution in [0.3, 0.4) is 0 Å². The number of nitrogens with zero attached hydrogens (tertiary/aromatic N) is 4. The van der Waals surface area contributed by atoms with Crippen LogP contribution in [0.1, 0.15) is 35.4 Å². The zero-order chi connectivity index (χ0) is 21.3. The van der Waals surface area contributed by atoms with E-state index in [0.717, 1.165) is 32.3 Å². The molecule has 5 nitrogen and oxygen atoms in total. The number of amides is 1. The summed E-state index contributed by atoms with van der Waals surface area (Å²) < 4.78 is 1.00. The Balaban J connectivity index is 1.58. The third kappa shape index (κ3) is 4.43. The zero-order valence-electron chi connectivity index (χ0n) is 16.5. The van der Waals surface area contributed by atoms with Crippen LogP contribution in [-0.4, -0.2) is 28.7 Å². The number of aromatic nitrogens is 1. The van der Waals surface area contributed by atoms with Crippen LogP contribution in [0.15, 0.2) is 64.2 Å². The van der Waals surface area contributed by atoms with E-state index in [9.17, 15) is 4.79 Å². The average Bonchev–Trinajstić information content (AvgIpc) is 3.33. The maximum atomic E-state index is 12.3. The molecule has 8 heteroatoms. The van der Waals surface area contributed by atoms with Crippen LogP contribution in [-0.2, 0) is 11.3 Å². The summed E-state index contributed by atoms with van der Waals surface area (Å²) in [7, 11) is 1.99. The molecule has 2 heterocycles. The largest absolute Gasteiger partial charge is 0.347 e. The van der Waals surface area contributed by atoms with Crippen LogP contribution in [0.4, 0.5) is 5.13 Å². The van der Waals surface area contributed by atoms with Gasteiger partial charge in [-0.2, -0.15) is 5.10 Å². The van der Waals surface area contributed by atoms with Crippen LogP contribution >= 0.6 is 38.9 Å². The van der Waals surface area contributed by atoms with E-state index >= 15 is 0 Å². The summed E-state index contributed by atoms with van der Waals surface area (Å²) in [6.45, 7) is 2.25. The highest BCUT2D eigenvalue weighted by molar-refractivity contribution is 9.10. The molecule has 0 saturated carbocycles. The average molecular weight is 504 g/mol. The van der Waals surface area contributed by atoms with Crippen LogP contribution in [0.25, 0.3) is 0 Å². The minimum absolute atomic E-state index is 0.115. The topological polar surface area (TPSA) is 48.8 Å². The molecular formula is C22H20BrClN4OS. The third-order valence-corrected chi connectivity index (χ3v) is 7.10. The molecular weight excluding hydrogens is 484 g/mol. The van der Waals surface area contributed by atoms with E-state index < -0.39 is 0 Å². The SMILES string of the molecule is CC(=O)N1N=C(c2ccc(Br)cc2)CC1c1sc(N(C)Cc2ccccc2)nc1Cl. The highest BCUT2D eigenvalue weighted by Crippen LogP contribution is 2.42. The van der Waals surface area contributed by atoms with Gasteiger partial charge in [0.25, 0.3) is 0 Å². The number of carbonyl (C=O) groups is 1. The van der Waals surface area contributed by atoms with E-state index in [1.165, 1.54) is 28.8 Å². The molecule has 0 N–H and O–H groups in total. The van der Waals surface area contributed by atoms with Crippen molar-refractivity contribution in [2.75, 3.05) is 11.9 Å². The van der Waals surface area contributed by atoms with Crippen molar-refractivity contribution in [3.63, 3.8) is 0 Å². The van der Waals surface area contributed by atoms with Crippen molar-refractivity contribution in [1.82, 2.24) is 9.99 Å². The lowest BCUT2D eigenvalue weighted by Crippen LogP contribution is -2.23. The van der Waals surface area contributed by atoms with E-state index in [0.29, 0.717) is 11.6 Å². The van der Waals surface area contributed by atoms with Crippen molar-refractivity contribution in [1.29, 1.82) is 0 Å². The molecule has 0 bridgehead atoms. The number of rotatable bonds is 5. The first kappa shape index (κ1) is 21.0. The van der Waals surface area contributed by atoms with Gasteiger partial charge in [0, 0.05) is 31.4 Å². The van der Waals surface area contributed by atoms with Gasteiger partial charge in [0.2, 0.25) is 5.91 Å². The van der Waals surface area contributed by atoms with Crippen molar-refractivity contribution in [2.45, 2.75) is 25.9 Å². The van der Waals surface area contributed by atoms with Crippen molar-refractivity contribution < 1.29 is 4.79 Å². The molecule has 1 aliphatic rings. The Bertz CT molecular complexity index is 1080. The molecule has 154 valence electrons. The van der Waals surface area contributed by atoms with Gasteiger partial charge in [-0.05, 0) is 23.3 Å². The molecule has 0 aliphatic carbocycles. The van der Waals surface area contributed by atoms with Gasteiger partial charge in [0.1, 0.15) is 5.15 Å². The van der Waals surface area contributed by atoms with Gasteiger partial charge in [0.15, 0.2) is 5.13 Å². The highest BCUT2D eigenvalue weighted by atomic mass is 79.9. The van der Waals surface area contributed by atoms with Crippen molar-refractivity contribution in [3.05, 3.63) is 80.2 Å². The molecule has 2 aromatic carbocycles. The maximum Gasteiger partial charge on any atom is 0.240 e. The molecule has 1 unspecified atom stereocenters. The second kappa shape index (κ2) is 8.88. The van der Waals surface area contributed by atoms with Gasteiger partial charge in [-0.3, -0.25) is 4.79 Å². The zero-order valence-corrected chi connectivity index (χ0v) is 19.7. The summed E-state index contributed by atoms with van der Waals surface area (Å²) in [6, 6.07) is 17.9. The molecule has 0 fully saturated rings. The normalized spacial score (nSPS) is 15.9. The molecule has 1 aromatic heterocycles. The van der Waals surface area contributed by atoms with Gasteiger partial charge >= 0.3 is 0 Å². The second-order valence-electron chi connectivity index (χ2n) is 7.13. The molecule has 30 heavy (non-hydrogen) atoms. The van der Waals surface area contributed by atoms with E-state index in [-0.39, 0.29) is 11.9 Å². The molecule has 4 rings (SSSR count). The Morgan fingerprint density at radius 3 is 2.60 bits per heavy atom. The monoisotopic (exact) mass is 502 g/mol. The number of anilines is 1. The fraction of sp³-hybridized carbons (Fsp3) is 0.227. The summed E-state index contributed by atoms with van der Waals surface area (Å²) in [5.74, 6) is -0.115.